The van der Waals surface area contributed by atoms with Crippen molar-refractivity contribution in [2.75, 3.05) is 5.32 Å². The van der Waals surface area contributed by atoms with E-state index in [1.165, 1.54) is 0 Å². The first-order valence-electron chi connectivity index (χ1n) is 9.27. The van der Waals surface area contributed by atoms with Crippen LogP contribution in [0.4, 0.5) is 5.82 Å². The number of nitrogens with one attached hydrogen (secondary N) is 1. The number of nitrogens with zero attached hydrogens (tertiary/aromatic N) is 1. The molecule has 7 nitrogen and oxygen atoms in total. The van der Waals surface area contributed by atoms with E-state index in [1.807, 2.05) is 30.3 Å². The molecular weight excluding hydrogens is 372 g/mol. The van der Waals surface area contributed by atoms with Crippen LogP contribution in [-0.2, 0) is 16.1 Å². The molecule has 0 fully saturated rings. The fraction of sp³-hybridized carbons (Fsp3) is 0.227. The minimum Gasteiger partial charge on any atom is -0.489 e. The molecule has 0 bridgehead atoms. The molecule has 150 valence electrons. The van der Waals surface area contributed by atoms with Gasteiger partial charge in [-0.05, 0) is 43.2 Å². The predicted molar refractivity (Wildman–Crippen MR) is 107 cm³/mol. The maximum atomic E-state index is 12.4. The first-order valence-corrected chi connectivity index (χ1v) is 9.27. The van der Waals surface area contributed by atoms with E-state index >= 15 is 0 Å². The molecule has 0 aliphatic rings. The number of benzene rings is 2. The number of ether oxygens (including phenoxy) is 2. The molecule has 2 aromatic carbocycles. The fourth-order valence-corrected chi connectivity index (χ4v) is 2.57. The molecule has 0 saturated carbocycles. The minimum atomic E-state index is -0.930. The quantitative estimate of drug-likeness (QED) is 0.578. The number of esters is 1. The van der Waals surface area contributed by atoms with Gasteiger partial charge in [0.25, 0.3) is 5.91 Å². The Bertz CT molecular complexity index is 951. The van der Waals surface area contributed by atoms with Crippen LogP contribution in [0.2, 0.25) is 0 Å². The Hall–Kier alpha value is -3.61. The number of anilines is 1. The van der Waals surface area contributed by atoms with Gasteiger partial charge in [0.15, 0.2) is 11.9 Å². The summed E-state index contributed by atoms with van der Waals surface area (Å²) in [6.07, 6.45) is -0.599. The van der Waals surface area contributed by atoms with E-state index in [-0.39, 0.29) is 5.82 Å². The summed E-state index contributed by atoms with van der Waals surface area (Å²) in [6, 6.07) is 17.9. The third-order valence-corrected chi connectivity index (χ3v) is 4.13. The lowest BCUT2D eigenvalue weighted by Gasteiger charge is -2.15. The Morgan fingerprint density at radius 1 is 1.10 bits per heavy atom. The Balaban J connectivity index is 1.55. The SMILES string of the molecule is CCC(OC(=O)c1ccc(COc2ccccc2)cc1)C(=O)Nc1cc(C)on1. The van der Waals surface area contributed by atoms with Gasteiger partial charge in [-0.3, -0.25) is 4.79 Å². The van der Waals surface area contributed by atoms with Crippen molar-refractivity contribution in [3.63, 3.8) is 0 Å². The summed E-state index contributed by atoms with van der Waals surface area (Å²) in [5, 5.41) is 6.27. The largest absolute Gasteiger partial charge is 0.489 e. The molecular formula is C22H22N2O5. The highest BCUT2D eigenvalue weighted by molar-refractivity contribution is 5.97. The van der Waals surface area contributed by atoms with Gasteiger partial charge in [-0.15, -0.1) is 0 Å². The predicted octanol–water partition coefficient (Wildman–Crippen LogP) is 4.14. The molecule has 1 heterocycles. The molecule has 0 aliphatic carbocycles. The molecule has 0 spiro atoms. The summed E-state index contributed by atoms with van der Waals surface area (Å²) in [7, 11) is 0. The van der Waals surface area contributed by atoms with Crippen molar-refractivity contribution in [3.05, 3.63) is 77.6 Å². The molecule has 1 aromatic heterocycles. The second-order valence-corrected chi connectivity index (χ2v) is 6.41. The zero-order valence-corrected chi connectivity index (χ0v) is 16.3. The number of rotatable bonds is 8. The minimum absolute atomic E-state index is 0.282. The van der Waals surface area contributed by atoms with Crippen LogP contribution in [0.3, 0.4) is 0 Å². The molecule has 3 aromatic rings. The van der Waals surface area contributed by atoms with Gasteiger partial charge in [0.1, 0.15) is 18.1 Å². The van der Waals surface area contributed by atoms with E-state index in [4.69, 9.17) is 14.0 Å². The van der Waals surface area contributed by atoms with Crippen molar-refractivity contribution >= 4 is 17.7 Å². The van der Waals surface area contributed by atoms with Gasteiger partial charge in [-0.2, -0.15) is 0 Å². The van der Waals surface area contributed by atoms with Crippen LogP contribution in [0.15, 0.2) is 65.2 Å². The average molecular weight is 394 g/mol. The molecule has 0 radical (unpaired) electrons. The molecule has 7 heteroatoms. The number of carbonyl (C=O) groups excluding carboxylic acids is 2. The molecule has 1 N–H and O–H groups in total. The number of amides is 1. The van der Waals surface area contributed by atoms with Crippen molar-refractivity contribution in [1.29, 1.82) is 0 Å². The lowest BCUT2D eigenvalue weighted by atomic mass is 10.1. The van der Waals surface area contributed by atoms with Gasteiger partial charge in [-0.25, -0.2) is 4.79 Å². The van der Waals surface area contributed by atoms with Crippen molar-refractivity contribution in [2.24, 2.45) is 0 Å². The topological polar surface area (TPSA) is 90.7 Å². The lowest BCUT2D eigenvalue weighted by Crippen LogP contribution is -2.32. The van der Waals surface area contributed by atoms with Crippen LogP contribution in [0.5, 0.6) is 5.75 Å². The van der Waals surface area contributed by atoms with E-state index in [9.17, 15) is 9.59 Å². The second kappa shape index (κ2) is 9.54. The van der Waals surface area contributed by atoms with Crippen molar-refractivity contribution in [3.8, 4) is 5.75 Å². The molecule has 1 atom stereocenters. The number of carbonyl (C=O) groups is 2. The van der Waals surface area contributed by atoms with Crippen LogP contribution in [0.25, 0.3) is 0 Å². The third-order valence-electron chi connectivity index (χ3n) is 4.13. The molecule has 1 amide bonds. The average Bonchev–Trinajstić information content (AvgIpc) is 3.15. The third kappa shape index (κ3) is 5.68. The molecule has 29 heavy (non-hydrogen) atoms. The van der Waals surface area contributed by atoms with Crippen molar-refractivity contribution in [1.82, 2.24) is 5.16 Å². The van der Waals surface area contributed by atoms with Crippen LogP contribution in [-0.4, -0.2) is 23.1 Å². The van der Waals surface area contributed by atoms with Gasteiger partial charge in [0.2, 0.25) is 0 Å². The Morgan fingerprint density at radius 2 is 1.83 bits per heavy atom. The van der Waals surface area contributed by atoms with Gasteiger partial charge in [0, 0.05) is 6.07 Å². The number of aromatic nitrogens is 1. The first-order chi connectivity index (χ1) is 14.0. The van der Waals surface area contributed by atoms with Gasteiger partial charge in [0.05, 0.1) is 5.56 Å². The monoisotopic (exact) mass is 394 g/mol. The van der Waals surface area contributed by atoms with Crippen molar-refractivity contribution in [2.45, 2.75) is 33.0 Å². The van der Waals surface area contributed by atoms with Crippen LogP contribution < -0.4 is 10.1 Å². The number of hydrogen-bond acceptors (Lipinski definition) is 6. The molecule has 1 unspecified atom stereocenters. The summed E-state index contributed by atoms with van der Waals surface area (Å²) < 4.78 is 15.9. The fourth-order valence-electron chi connectivity index (χ4n) is 2.57. The molecule has 0 aliphatic heterocycles. The van der Waals surface area contributed by atoms with Gasteiger partial charge < -0.3 is 19.3 Å². The van der Waals surface area contributed by atoms with Gasteiger partial charge in [-0.1, -0.05) is 42.4 Å². The first kappa shape index (κ1) is 20.1. The number of para-hydroxylation sites is 1. The zero-order chi connectivity index (χ0) is 20.6. The van der Waals surface area contributed by atoms with Crippen molar-refractivity contribution < 1.29 is 23.6 Å². The summed E-state index contributed by atoms with van der Waals surface area (Å²) >= 11 is 0. The summed E-state index contributed by atoms with van der Waals surface area (Å²) in [4.78, 5) is 24.7. The Kier molecular flexibility index (Phi) is 6.63. The van der Waals surface area contributed by atoms with E-state index < -0.39 is 18.0 Å². The van der Waals surface area contributed by atoms with Crippen LogP contribution in [0, 0.1) is 6.92 Å². The smallest absolute Gasteiger partial charge is 0.338 e. The normalized spacial score (nSPS) is 11.5. The highest BCUT2D eigenvalue weighted by Gasteiger charge is 2.23. The maximum absolute atomic E-state index is 12.4. The van der Waals surface area contributed by atoms with E-state index in [0.717, 1.165) is 11.3 Å². The molecule has 0 saturated heterocycles. The Morgan fingerprint density at radius 3 is 2.45 bits per heavy atom. The highest BCUT2D eigenvalue weighted by Crippen LogP contribution is 2.14. The highest BCUT2D eigenvalue weighted by atomic mass is 16.5. The standard InChI is InChI=1S/C22H22N2O5/c1-3-19(21(25)23-20-13-15(2)29-24-20)28-22(26)17-11-9-16(10-12-17)14-27-18-7-5-4-6-8-18/h4-13,19H,3,14H2,1-2H3,(H,23,24,25). The second-order valence-electron chi connectivity index (χ2n) is 6.41. The Labute approximate surface area is 168 Å². The zero-order valence-electron chi connectivity index (χ0n) is 16.3. The van der Waals surface area contributed by atoms with E-state index in [1.54, 1.807) is 44.2 Å². The van der Waals surface area contributed by atoms with Crippen LogP contribution >= 0.6 is 0 Å². The van der Waals surface area contributed by atoms with E-state index in [0.29, 0.717) is 24.4 Å². The summed E-state index contributed by atoms with van der Waals surface area (Å²) in [5.41, 5.74) is 1.27. The molecule has 3 rings (SSSR count). The lowest BCUT2D eigenvalue weighted by molar-refractivity contribution is -0.124. The maximum Gasteiger partial charge on any atom is 0.338 e. The summed E-state index contributed by atoms with van der Waals surface area (Å²) in [5.74, 6) is 0.599. The van der Waals surface area contributed by atoms with E-state index in [2.05, 4.69) is 10.5 Å². The number of hydrogen-bond donors (Lipinski definition) is 1. The van der Waals surface area contributed by atoms with Gasteiger partial charge >= 0.3 is 5.97 Å². The van der Waals surface area contributed by atoms with Crippen LogP contribution in [0.1, 0.15) is 35.0 Å². The summed E-state index contributed by atoms with van der Waals surface area (Å²) in [6.45, 7) is 3.86. The number of aryl methyl sites for hydroxylation is 1.